The van der Waals surface area contributed by atoms with E-state index >= 15 is 0 Å². The second-order valence-corrected chi connectivity index (χ2v) is 5.05. The highest BCUT2D eigenvalue weighted by Gasteiger charge is 2.20. The highest BCUT2D eigenvalue weighted by molar-refractivity contribution is 5.72. The van der Waals surface area contributed by atoms with E-state index in [1.54, 1.807) is 6.20 Å². The first-order valence-corrected chi connectivity index (χ1v) is 6.86. The second-order valence-electron chi connectivity index (χ2n) is 5.05. The zero-order chi connectivity index (χ0) is 13.9. The summed E-state index contributed by atoms with van der Waals surface area (Å²) in [5.74, 6) is 0.496. The fraction of sp³-hybridized carbons (Fsp3) is 0.167. The van der Waals surface area contributed by atoms with E-state index in [0.29, 0.717) is 11.5 Å². The van der Waals surface area contributed by atoms with Crippen molar-refractivity contribution in [1.82, 2.24) is 4.98 Å². The number of nitrogens with zero attached hydrogens (tertiary/aromatic N) is 1. The number of rotatable bonds is 2. The smallest absolute Gasteiger partial charge is 0.141 e. The number of hydrogen-bond acceptors (Lipinski definition) is 2. The molecule has 2 nitrogen and oxygen atoms in total. The molecule has 0 saturated heterocycles. The van der Waals surface area contributed by atoms with Crippen LogP contribution in [0.5, 0.6) is 0 Å². The summed E-state index contributed by atoms with van der Waals surface area (Å²) in [6.45, 7) is 2.13. The maximum atomic E-state index is 10.6. The molecule has 100 valence electrons. The van der Waals surface area contributed by atoms with Gasteiger partial charge in [-0.25, -0.2) is 0 Å². The van der Waals surface area contributed by atoms with Crippen molar-refractivity contribution in [2.45, 2.75) is 19.3 Å². The molecule has 0 aliphatic heterocycles. The van der Waals surface area contributed by atoms with Gasteiger partial charge < -0.3 is 5.11 Å². The minimum Gasteiger partial charge on any atom is -0.506 e. The fourth-order valence-corrected chi connectivity index (χ4v) is 2.64. The summed E-state index contributed by atoms with van der Waals surface area (Å²) in [6, 6.07) is 14.1. The quantitative estimate of drug-likeness (QED) is 0.860. The first-order valence-electron chi connectivity index (χ1n) is 6.86. The number of benzene rings is 1. The van der Waals surface area contributed by atoms with Crippen LogP contribution in [0, 0.1) is 0 Å². The van der Waals surface area contributed by atoms with Crippen molar-refractivity contribution in [3.05, 3.63) is 77.1 Å². The van der Waals surface area contributed by atoms with Gasteiger partial charge in [-0.15, -0.1) is 0 Å². The Bertz CT molecular complexity index is 671. The van der Waals surface area contributed by atoms with Gasteiger partial charge in [-0.3, -0.25) is 4.98 Å². The van der Waals surface area contributed by atoms with Crippen molar-refractivity contribution < 1.29 is 5.11 Å². The molecule has 1 unspecified atom stereocenters. The van der Waals surface area contributed by atoms with Crippen LogP contribution in [0.15, 0.2) is 60.3 Å². The molecule has 20 heavy (non-hydrogen) atoms. The van der Waals surface area contributed by atoms with Crippen molar-refractivity contribution in [2.24, 2.45) is 0 Å². The third-order valence-corrected chi connectivity index (χ3v) is 3.82. The van der Waals surface area contributed by atoms with E-state index in [2.05, 4.69) is 30.1 Å². The molecule has 2 heteroatoms. The minimum atomic E-state index is 0.175. The van der Waals surface area contributed by atoms with Crippen molar-refractivity contribution in [1.29, 1.82) is 0 Å². The van der Waals surface area contributed by atoms with Gasteiger partial charge in [0.15, 0.2) is 0 Å². The molecule has 0 fully saturated rings. The molecule has 1 aromatic heterocycles. The monoisotopic (exact) mass is 263 g/mol. The summed E-state index contributed by atoms with van der Waals surface area (Å²) in [4.78, 5) is 4.33. The molecule has 3 rings (SSSR count). The molecule has 1 heterocycles. The molecular weight excluding hydrogens is 246 g/mol. The normalized spacial score (nSPS) is 15.7. The number of aliphatic hydroxyl groups excluding tert-OH is 1. The van der Waals surface area contributed by atoms with Crippen molar-refractivity contribution in [3.63, 3.8) is 0 Å². The van der Waals surface area contributed by atoms with Crippen LogP contribution in [-0.4, -0.2) is 10.1 Å². The Morgan fingerprint density at radius 3 is 2.70 bits per heavy atom. The van der Waals surface area contributed by atoms with Crippen molar-refractivity contribution in [3.8, 4) is 0 Å². The summed E-state index contributed by atoms with van der Waals surface area (Å²) < 4.78 is 0. The Balaban J connectivity index is 2.08. The zero-order valence-corrected chi connectivity index (χ0v) is 11.5. The standard InChI is InChI=1S/C18H17NO/c1-13(14-7-3-2-4-8-14)16-11-5-9-15-10-6-12-19-17(15)18(16)20/h2-10,12-13,20H,11H2,1H3. The van der Waals surface area contributed by atoms with E-state index in [1.807, 2.05) is 36.4 Å². The molecule has 1 aromatic carbocycles. The van der Waals surface area contributed by atoms with Gasteiger partial charge in [-0.2, -0.15) is 0 Å². The van der Waals surface area contributed by atoms with Gasteiger partial charge >= 0.3 is 0 Å². The number of aliphatic hydroxyl groups is 1. The minimum absolute atomic E-state index is 0.175. The molecule has 0 radical (unpaired) electrons. The lowest BCUT2D eigenvalue weighted by Gasteiger charge is -2.17. The predicted molar refractivity (Wildman–Crippen MR) is 82.3 cm³/mol. The summed E-state index contributed by atoms with van der Waals surface area (Å²) in [6.07, 6.45) is 6.60. The van der Waals surface area contributed by atoms with E-state index in [4.69, 9.17) is 0 Å². The number of allylic oxidation sites excluding steroid dienone is 2. The average molecular weight is 263 g/mol. The molecule has 0 amide bonds. The van der Waals surface area contributed by atoms with Crippen molar-refractivity contribution in [2.75, 3.05) is 0 Å². The summed E-state index contributed by atoms with van der Waals surface area (Å²) >= 11 is 0. The van der Waals surface area contributed by atoms with Crippen molar-refractivity contribution >= 4 is 11.8 Å². The van der Waals surface area contributed by atoms with Crippen LogP contribution in [0.1, 0.15) is 36.1 Å². The fourth-order valence-electron chi connectivity index (χ4n) is 2.64. The molecule has 0 bridgehead atoms. The number of fused-ring (bicyclic) bond motifs is 1. The lowest BCUT2D eigenvalue weighted by molar-refractivity contribution is 0.497. The van der Waals surface area contributed by atoms with Gasteiger partial charge in [0.2, 0.25) is 0 Å². The van der Waals surface area contributed by atoms with Crippen LogP contribution >= 0.6 is 0 Å². The van der Waals surface area contributed by atoms with E-state index in [-0.39, 0.29) is 5.92 Å². The Hall–Kier alpha value is -2.35. The highest BCUT2D eigenvalue weighted by Crippen LogP contribution is 2.34. The molecule has 1 aliphatic carbocycles. The number of pyridine rings is 1. The summed E-state index contributed by atoms with van der Waals surface area (Å²) in [5, 5.41) is 10.6. The Morgan fingerprint density at radius 2 is 1.90 bits per heavy atom. The van der Waals surface area contributed by atoms with Crippen LogP contribution in [0.4, 0.5) is 0 Å². The molecule has 0 spiro atoms. The Labute approximate surface area is 119 Å². The largest absolute Gasteiger partial charge is 0.506 e. The molecule has 0 saturated carbocycles. The van der Waals surface area contributed by atoms with Crippen LogP contribution in [0.2, 0.25) is 0 Å². The highest BCUT2D eigenvalue weighted by atomic mass is 16.3. The Morgan fingerprint density at radius 1 is 1.10 bits per heavy atom. The molecule has 1 atom stereocenters. The molecular formula is C18H17NO. The van der Waals surface area contributed by atoms with Gasteiger partial charge in [-0.1, -0.05) is 55.5 Å². The summed E-state index contributed by atoms with van der Waals surface area (Å²) in [7, 11) is 0. The van der Waals surface area contributed by atoms with Crippen LogP contribution in [-0.2, 0) is 0 Å². The SMILES string of the molecule is CC(C1=C(O)c2ncccc2C=CC1)c1ccccc1. The lowest BCUT2D eigenvalue weighted by Crippen LogP contribution is -2.02. The summed E-state index contributed by atoms with van der Waals surface area (Å²) in [5.41, 5.74) is 3.88. The van der Waals surface area contributed by atoms with Crippen LogP contribution in [0.25, 0.3) is 11.8 Å². The maximum Gasteiger partial charge on any atom is 0.141 e. The van der Waals surface area contributed by atoms with Gasteiger partial charge in [0.05, 0.1) is 0 Å². The van der Waals surface area contributed by atoms with Crippen LogP contribution in [0.3, 0.4) is 0 Å². The third kappa shape index (κ3) is 2.25. The van der Waals surface area contributed by atoms with Gasteiger partial charge in [-0.05, 0) is 23.6 Å². The van der Waals surface area contributed by atoms with E-state index in [9.17, 15) is 5.11 Å². The zero-order valence-electron chi connectivity index (χ0n) is 11.5. The number of hydrogen-bond donors (Lipinski definition) is 1. The maximum absolute atomic E-state index is 10.6. The van der Waals surface area contributed by atoms with Gasteiger partial charge in [0.25, 0.3) is 0 Å². The molecule has 1 aliphatic rings. The first-order chi connectivity index (χ1) is 9.77. The van der Waals surface area contributed by atoms with E-state index < -0.39 is 0 Å². The average Bonchev–Trinajstić information content (AvgIpc) is 2.67. The van der Waals surface area contributed by atoms with E-state index in [1.165, 1.54) is 5.56 Å². The number of aromatic nitrogens is 1. The third-order valence-electron chi connectivity index (χ3n) is 3.82. The lowest BCUT2D eigenvalue weighted by atomic mass is 9.89. The molecule has 2 aromatic rings. The first kappa shape index (κ1) is 12.7. The van der Waals surface area contributed by atoms with Gasteiger partial charge in [0.1, 0.15) is 11.5 Å². The van der Waals surface area contributed by atoms with Gasteiger partial charge in [0, 0.05) is 17.7 Å². The second kappa shape index (κ2) is 5.33. The van der Waals surface area contributed by atoms with E-state index in [0.717, 1.165) is 17.6 Å². The van der Waals surface area contributed by atoms with Crippen LogP contribution < -0.4 is 0 Å². The topological polar surface area (TPSA) is 33.1 Å². The molecule has 1 N–H and O–H groups in total. The predicted octanol–water partition coefficient (Wildman–Crippen LogP) is 4.57. The Kier molecular flexibility index (Phi) is 3.38.